The number of nitrogens with zero attached hydrogens (tertiary/aromatic N) is 1. The molecule has 0 aliphatic heterocycles. The van der Waals surface area contributed by atoms with Crippen LogP contribution >= 0.6 is 11.6 Å². The van der Waals surface area contributed by atoms with Gasteiger partial charge in [0, 0.05) is 28.2 Å². The van der Waals surface area contributed by atoms with Crippen molar-refractivity contribution in [2.24, 2.45) is 17.3 Å². The van der Waals surface area contributed by atoms with E-state index in [-0.39, 0.29) is 17.6 Å². The van der Waals surface area contributed by atoms with Gasteiger partial charge in [0.2, 0.25) is 5.91 Å². The van der Waals surface area contributed by atoms with Crippen molar-refractivity contribution >= 4 is 34.1 Å². The van der Waals surface area contributed by atoms with Gasteiger partial charge in [-0.15, -0.1) is 0 Å². The van der Waals surface area contributed by atoms with Gasteiger partial charge in [-0.1, -0.05) is 18.5 Å². The number of carbonyl (C=O) groups is 1. The van der Waals surface area contributed by atoms with Crippen LogP contribution in [0.25, 0.3) is 10.9 Å². The largest absolute Gasteiger partial charge is 0.326 e. The molecule has 1 heterocycles. The van der Waals surface area contributed by atoms with Gasteiger partial charge in [0.1, 0.15) is 5.82 Å². The number of pyridine rings is 1. The molecule has 1 aromatic heterocycles. The number of aromatic nitrogens is 1. The van der Waals surface area contributed by atoms with Gasteiger partial charge in [0.15, 0.2) is 0 Å². The Kier molecular flexibility index (Phi) is 5.66. The van der Waals surface area contributed by atoms with Gasteiger partial charge in [-0.2, -0.15) is 0 Å². The quantitative estimate of drug-likeness (QED) is 0.451. The molecule has 5 heteroatoms. The van der Waals surface area contributed by atoms with Crippen LogP contribution in [0.15, 0.2) is 54.7 Å². The highest BCUT2D eigenvalue weighted by Crippen LogP contribution is 2.60. The zero-order valence-electron chi connectivity index (χ0n) is 18.3. The summed E-state index contributed by atoms with van der Waals surface area (Å²) in [6.45, 7) is 2.05. The minimum absolute atomic E-state index is 0.00832. The van der Waals surface area contributed by atoms with Gasteiger partial charge in [0.25, 0.3) is 0 Å². The van der Waals surface area contributed by atoms with Gasteiger partial charge in [-0.25, -0.2) is 4.39 Å². The highest BCUT2D eigenvalue weighted by Gasteiger charge is 2.47. The maximum Gasteiger partial charge on any atom is 0.227 e. The van der Waals surface area contributed by atoms with Crippen molar-refractivity contribution < 1.29 is 9.18 Å². The number of halogens is 2. The molecule has 1 unspecified atom stereocenters. The normalized spacial score (nSPS) is 26.0. The fraction of sp³-hybridized carbons (Fsp3) is 0.407. The Morgan fingerprint density at radius 3 is 2.56 bits per heavy atom. The summed E-state index contributed by atoms with van der Waals surface area (Å²) in [4.78, 5) is 17.1. The third-order valence-corrected chi connectivity index (χ3v) is 8.11. The molecule has 1 amide bonds. The summed E-state index contributed by atoms with van der Waals surface area (Å²) < 4.78 is 13.8. The number of nitrogens with one attached hydrogen (secondary N) is 1. The van der Waals surface area contributed by atoms with E-state index in [4.69, 9.17) is 11.6 Å². The number of hydrogen-bond donors (Lipinski definition) is 1. The summed E-state index contributed by atoms with van der Waals surface area (Å²) in [6, 6.07) is 14.2. The van der Waals surface area contributed by atoms with Gasteiger partial charge >= 0.3 is 0 Å². The third kappa shape index (κ3) is 4.13. The second-order valence-corrected chi connectivity index (χ2v) is 10.2. The lowest BCUT2D eigenvalue weighted by Crippen LogP contribution is -2.41. The fourth-order valence-electron chi connectivity index (χ4n) is 5.87. The number of amides is 1. The molecule has 0 saturated heterocycles. The van der Waals surface area contributed by atoms with Crippen molar-refractivity contribution in [3.63, 3.8) is 0 Å². The fourth-order valence-corrected chi connectivity index (χ4v) is 5.99. The maximum absolute atomic E-state index is 13.8. The molecule has 0 bridgehead atoms. The minimum atomic E-state index is -0.202. The lowest BCUT2D eigenvalue weighted by atomic mass is 9.52. The molecule has 3 nitrogen and oxygen atoms in total. The smallest absolute Gasteiger partial charge is 0.227 e. The first-order chi connectivity index (χ1) is 15.4. The van der Waals surface area contributed by atoms with E-state index >= 15 is 0 Å². The standard InChI is InChI=1S/C27H28ClFN2O/c1-17(26(32)31-22-5-2-20(28)3-6-22)18-8-11-27(12-9-18)15-19(16-27)23-10-13-30-25-7-4-21(29)14-24(23)25/h2-7,10,13-14,17-19H,8-9,11-12,15-16H2,1H3,(H,31,32). The van der Waals surface area contributed by atoms with E-state index in [9.17, 15) is 9.18 Å². The Bertz CT molecular complexity index is 1130. The second-order valence-electron chi connectivity index (χ2n) is 9.79. The van der Waals surface area contributed by atoms with Crippen LogP contribution in [-0.2, 0) is 4.79 Å². The topological polar surface area (TPSA) is 42.0 Å². The first-order valence-corrected chi connectivity index (χ1v) is 11.9. The molecule has 2 saturated carbocycles. The number of fused-ring (bicyclic) bond motifs is 1. The van der Waals surface area contributed by atoms with E-state index in [1.165, 1.54) is 24.5 Å². The summed E-state index contributed by atoms with van der Waals surface area (Å²) in [6.07, 6.45) is 8.68. The second kappa shape index (κ2) is 8.47. The molecule has 3 aromatic rings. The highest BCUT2D eigenvalue weighted by atomic mass is 35.5. The van der Waals surface area contributed by atoms with Crippen molar-refractivity contribution in [2.45, 2.75) is 51.4 Å². The zero-order valence-corrected chi connectivity index (χ0v) is 19.0. The van der Waals surface area contributed by atoms with Crippen molar-refractivity contribution in [3.8, 4) is 0 Å². The first-order valence-electron chi connectivity index (χ1n) is 11.5. The highest BCUT2D eigenvalue weighted by molar-refractivity contribution is 6.30. The zero-order chi connectivity index (χ0) is 22.3. The average Bonchev–Trinajstić information content (AvgIpc) is 2.78. The predicted molar refractivity (Wildman–Crippen MR) is 127 cm³/mol. The Labute approximate surface area is 193 Å². The van der Waals surface area contributed by atoms with Crippen molar-refractivity contribution in [1.82, 2.24) is 4.98 Å². The molecule has 32 heavy (non-hydrogen) atoms. The third-order valence-electron chi connectivity index (χ3n) is 7.86. The van der Waals surface area contributed by atoms with E-state index in [1.807, 2.05) is 18.3 Å². The average molecular weight is 451 g/mol. The van der Waals surface area contributed by atoms with Crippen LogP contribution in [-0.4, -0.2) is 10.9 Å². The molecule has 1 N–H and O–H groups in total. The number of carbonyl (C=O) groups excluding carboxylic acids is 1. The number of anilines is 1. The monoisotopic (exact) mass is 450 g/mol. The van der Waals surface area contributed by atoms with Gasteiger partial charge in [0.05, 0.1) is 5.52 Å². The molecular weight excluding hydrogens is 423 g/mol. The van der Waals surface area contributed by atoms with Crippen LogP contribution in [0.5, 0.6) is 0 Å². The summed E-state index contributed by atoms with van der Waals surface area (Å²) >= 11 is 5.93. The van der Waals surface area contributed by atoms with E-state index in [0.717, 1.165) is 42.3 Å². The molecule has 2 aromatic carbocycles. The lowest BCUT2D eigenvalue weighted by molar-refractivity contribution is -0.122. The molecule has 2 fully saturated rings. The van der Waals surface area contributed by atoms with Crippen LogP contribution in [0.2, 0.25) is 5.02 Å². The van der Waals surface area contributed by atoms with E-state index in [0.29, 0.717) is 22.3 Å². The van der Waals surface area contributed by atoms with Crippen LogP contribution < -0.4 is 5.32 Å². The summed E-state index contributed by atoms with van der Waals surface area (Å²) in [5, 5.41) is 4.65. The Morgan fingerprint density at radius 1 is 1.12 bits per heavy atom. The SMILES string of the molecule is CC(C(=O)Nc1ccc(Cl)cc1)C1CCC2(CC1)CC(c1ccnc3ccc(F)cc13)C2. The number of benzene rings is 2. The molecule has 166 valence electrons. The molecular formula is C27H28ClFN2O. The predicted octanol–water partition coefficient (Wildman–Crippen LogP) is 7.36. The molecule has 5 rings (SSSR count). The Morgan fingerprint density at radius 2 is 1.84 bits per heavy atom. The van der Waals surface area contributed by atoms with Crippen molar-refractivity contribution in [1.29, 1.82) is 0 Å². The minimum Gasteiger partial charge on any atom is -0.326 e. The van der Waals surface area contributed by atoms with Crippen molar-refractivity contribution in [2.75, 3.05) is 5.32 Å². The number of rotatable bonds is 4. The molecule has 0 radical (unpaired) electrons. The Hall–Kier alpha value is -2.46. The molecule has 1 atom stereocenters. The van der Waals surface area contributed by atoms with Crippen LogP contribution in [0.1, 0.15) is 56.9 Å². The summed E-state index contributed by atoms with van der Waals surface area (Å²) in [7, 11) is 0. The van der Waals surface area contributed by atoms with E-state index in [1.54, 1.807) is 24.3 Å². The van der Waals surface area contributed by atoms with E-state index in [2.05, 4.69) is 23.3 Å². The molecule has 2 aliphatic rings. The number of hydrogen-bond acceptors (Lipinski definition) is 2. The summed E-state index contributed by atoms with van der Waals surface area (Å²) in [5.41, 5.74) is 3.28. The molecule has 1 spiro atoms. The van der Waals surface area contributed by atoms with Gasteiger partial charge < -0.3 is 5.32 Å². The van der Waals surface area contributed by atoms with Gasteiger partial charge in [-0.05, 0) is 110 Å². The van der Waals surface area contributed by atoms with E-state index < -0.39 is 0 Å². The van der Waals surface area contributed by atoms with Crippen LogP contribution in [0, 0.1) is 23.1 Å². The molecule has 2 aliphatic carbocycles. The maximum atomic E-state index is 13.8. The van der Waals surface area contributed by atoms with Crippen LogP contribution in [0.4, 0.5) is 10.1 Å². The summed E-state index contributed by atoms with van der Waals surface area (Å²) in [5.74, 6) is 0.774. The first kappa shape index (κ1) is 21.4. The van der Waals surface area contributed by atoms with Gasteiger partial charge in [-0.3, -0.25) is 9.78 Å². The van der Waals surface area contributed by atoms with Crippen LogP contribution in [0.3, 0.4) is 0 Å². The lowest BCUT2D eigenvalue weighted by Gasteiger charge is -2.52. The Balaban J connectivity index is 1.18. The van der Waals surface area contributed by atoms with Crippen molar-refractivity contribution in [3.05, 3.63) is 71.1 Å².